The van der Waals surface area contributed by atoms with Crippen molar-refractivity contribution in [3.8, 4) is 11.4 Å². The molecule has 0 spiro atoms. The highest BCUT2D eigenvalue weighted by molar-refractivity contribution is 5.92. The summed E-state index contributed by atoms with van der Waals surface area (Å²) in [5.41, 5.74) is 3.38. The van der Waals surface area contributed by atoms with E-state index in [0.717, 1.165) is 18.4 Å². The number of Topliss-reactive ketones (excluding diaryl/α,β-unsaturated/α-hetero) is 1. The third kappa shape index (κ3) is 2.60. The summed E-state index contributed by atoms with van der Waals surface area (Å²) in [5.74, 6) is 1.45. The number of aryl methyl sites for hydroxylation is 3. The van der Waals surface area contributed by atoms with E-state index in [1.54, 1.807) is 14.0 Å². The number of tetrazole rings is 1. The number of carbonyl (C=O) groups is 1. The standard InChI is InChI=1S/C16H16N6O2/c1-9-17-15(20-24-9)12-5-6-13-10(7-12)3-4-11(13)8-14(23)16-18-21-22(2)19-16/h5-7,11H,3-4,8H2,1-2H3/t11-/m0/s1. The first kappa shape index (κ1) is 14.7. The SMILES string of the molecule is Cc1nc(-c2ccc3c(c2)CC[C@H]3CC(=O)c2nnn(C)n2)no1. The van der Waals surface area contributed by atoms with Crippen LogP contribution in [0.4, 0.5) is 0 Å². The molecule has 0 fully saturated rings. The zero-order valence-corrected chi connectivity index (χ0v) is 13.4. The van der Waals surface area contributed by atoms with E-state index in [1.807, 2.05) is 6.07 Å². The molecule has 2 aromatic heterocycles. The zero-order chi connectivity index (χ0) is 16.7. The molecule has 4 rings (SSSR count). The van der Waals surface area contributed by atoms with Gasteiger partial charge in [0.1, 0.15) is 0 Å². The smallest absolute Gasteiger partial charge is 0.240 e. The van der Waals surface area contributed by atoms with Crippen molar-refractivity contribution in [2.24, 2.45) is 7.05 Å². The monoisotopic (exact) mass is 324 g/mol. The van der Waals surface area contributed by atoms with Gasteiger partial charge in [0.15, 0.2) is 0 Å². The summed E-state index contributed by atoms with van der Waals surface area (Å²) in [6, 6.07) is 6.13. The fourth-order valence-corrected chi connectivity index (χ4v) is 3.18. The predicted molar refractivity (Wildman–Crippen MR) is 83.3 cm³/mol. The van der Waals surface area contributed by atoms with Crippen LogP contribution in [0.3, 0.4) is 0 Å². The number of aromatic nitrogens is 6. The van der Waals surface area contributed by atoms with Crippen LogP contribution in [0.15, 0.2) is 22.7 Å². The highest BCUT2D eigenvalue weighted by atomic mass is 16.5. The lowest BCUT2D eigenvalue weighted by Gasteiger charge is -2.09. The van der Waals surface area contributed by atoms with Gasteiger partial charge in [-0.2, -0.15) is 9.78 Å². The first-order chi connectivity index (χ1) is 11.6. The molecule has 2 heterocycles. The lowest BCUT2D eigenvalue weighted by molar-refractivity contribution is 0.0963. The number of ketones is 1. The molecular formula is C16H16N6O2. The number of benzene rings is 1. The van der Waals surface area contributed by atoms with Crippen LogP contribution in [0.2, 0.25) is 0 Å². The zero-order valence-electron chi connectivity index (χ0n) is 13.4. The van der Waals surface area contributed by atoms with Crippen molar-refractivity contribution < 1.29 is 9.32 Å². The highest BCUT2D eigenvalue weighted by Gasteiger charge is 2.27. The van der Waals surface area contributed by atoms with Gasteiger partial charge in [0, 0.05) is 18.9 Å². The number of carbonyl (C=O) groups excluding carboxylic acids is 1. The average Bonchev–Trinajstić information content (AvgIpc) is 3.28. The Morgan fingerprint density at radius 2 is 2.29 bits per heavy atom. The number of hydrogen-bond donors (Lipinski definition) is 0. The van der Waals surface area contributed by atoms with Gasteiger partial charge in [0.05, 0.1) is 7.05 Å². The van der Waals surface area contributed by atoms with Crippen LogP contribution < -0.4 is 0 Å². The van der Waals surface area contributed by atoms with E-state index in [2.05, 4.69) is 37.7 Å². The Kier molecular flexibility index (Phi) is 3.44. The second-order valence-electron chi connectivity index (χ2n) is 6.02. The minimum Gasteiger partial charge on any atom is -0.339 e. The van der Waals surface area contributed by atoms with Crippen LogP contribution in [0.5, 0.6) is 0 Å². The van der Waals surface area contributed by atoms with Crippen LogP contribution in [0.25, 0.3) is 11.4 Å². The summed E-state index contributed by atoms with van der Waals surface area (Å²) in [4.78, 5) is 17.9. The number of fused-ring (bicyclic) bond motifs is 1. The van der Waals surface area contributed by atoms with Gasteiger partial charge in [-0.3, -0.25) is 4.79 Å². The quantitative estimate of drug-likeness (QED) is 0.675. The summed E-state index contributed by atoms with van der Waals surface area (Å²) in [6.45, 7) is 1.77. The van der Waals surface area contributed by atoms with Crippen molar-refractivity contribution >= 4 is 5.78 Å². The first-order valence-corrected chi connectivity index (χ1v) is 7.81. The molecule has 0 radical (unpaired) electrons. The van der Waals surface area contributed by atoms with E-state index in [-0.39, 0.29) is 17.5 Å². The van der Waals surface area contributed by atoms with Gasteiger partial charge in [-0.15, -0.1) is 10.2 Å². The van der Waals surface area contributed by atoms with Crippen LogP contribution in [0.1, 0.15) is 46.4 Å². The van der Waals surface area contributed by atoms with Crippen molar-refractivity contribution in [2.45, 2.75) is 32.1 Å². The van der Waals surface area contributed by atoms with Crippen LogP contribution in [-0.4, -0.2) is 36.1 Å². The second kappa shape index (κ2) is 5.63. The third-order valence-electron chi connectivity index (χ3n) is 4.32. The van der Waals surface area contributed by atoms with E-state index in [1.165, 1.54) is 15.9 Å². The highest BCUT2D eigenvalue weighted by Crippen LogP contribution is 2.37. The summed E-state index contributed by atoms with van der Waals surface area (Å²) in [7, 11) is 1.65. The Morgan fingerprint density at radius 1 is 1.42 bits per heavy atom. The van der Waals surface area contributed by atoms with E-state index < -0.39 is 0 Å². The van der Waals surface area contributed by atoms with Crippen molar-refractivity contribution in [2.75, 3.05) is 0 Å². The normalized spacial score (nSPS) is 16.3. The van der Waals surface area contributed by atoms with Gasteiger partial charge in [-0.25, -0.2) is 0 Å². The van der Waals surface area contributed by atoms with Gasteiger partial charge in [0.2, 0.25) is 23.3 Å². The maximum Gasteiger partial charge on any atom is 0.240 e. The molecule has 122 valence electrons. The number of rotatable bonds is 4. The predicted octanol–water partition coefficient (Wildman–Crippen LogP) is 1.87. The fourth-order valence-electron chi connectivity index (χ4n) is 3.18. The molecule has 1 atom stereocenters. The average molecular weight is 324 g/mol. The van der Waals surface area contributed by atoms with E-state index in [0.29, 0.717) is 18.1 Å². The van der Waals surface area contributed by atoms with Crippen LogP contribution in [0, 0.1) is 6.92 Å². The number of hydrogen-bond acceptors (Lipinski definition) is 7. The molecule has 3 aromatic rings. The van der Waals surface area contributed by atoms with Gasteiger partial charge in [-0.05, 0) is 41.2 Å². The Labute approximate surface area is 137 Å². The van der Waals surface area contributed by atoms with Gasteiger partial charge >= 0.3 is 0 Å². The van der Waals surface area contributed by atoms with Crippen molar-refractivity contribution in [3.05, 3.63) is 41.0 Å². The van der Waals surface area contributed by atoms with E-state index in [4.69, 9.17) is 4.52 Å². The third-order valence-corrected chi connectivity index (χ3v) is 4.32. The summed E-state index contributed by atoms with van der Waals surface area (Å²) >= 11 is 0. The van der Waals surface area contributed by atoms with Gasteiger partial charge in [0.25, 0.3) is 0 Å². The van der Waals surface area contributed by atoms with E-state index >= 15 is 0 Å². The van der Waals surface area contributed by atoms with Crippen LogP contribution >= 0.6 is 0 Å². The molecule has 8 nitrogen and oxygen atoms in total. The summed E-state index contributed by atoms with van der Waals surface area (Å²) < 4.78 is 5.04. The minimum atomic E-state index is -0.0705. The molecule has 1 aromatic carbocycles. The van der Waals surface area contributed by atoms with Crippen LogP contribution in [-0.2, 0) is 13.5 Å². The molecule has 0 amide bonds. The van der Waals surface area contributed by atoms with Crippen molar-refractivity contribution in [3.63, 3.8) is 0 Å². The Hall–Kier alpha value is -2.90. The minimum absolute atomic E-state index is 0.0705. The topological polar surface area (TPSA) is 99.6 Å². The molecule has 24 heavy (non-hydrogen) atoms. The van der Waals surface area contributed by atoms with Gasteiger partial charge in [-0.1, -0.05) is 17.3 Å². The lowest BCUT2D eigenvalue weighted by atomic mass is 9.94. The molecule has 0 bridgehead atoms. The Bertz CT molecular complexity index is 913. The molecule has 8 heteroatoms. The number of nitrogens with zero attached hydrogens (tertiary/aromatic N) is 6. The summed E-state index contributed by atoms with van der Waals surface area (Å²) in [6.07, 6.45) is 2.28. The first-order valence-electron chi connectivity index (χ1n) is 7.81. The lowest BCUT2D eigenvalue weighted by Crippen LogP contribution is -2.08. The molecule has 0 N–H and O–H groups in total. The molecule has 0 unspecified atom stereocenters. The molecule has 0 saturated heterocycles. The molecule has 1 aliphatic carbocycles. The van der Waals surface area contributed by atoms with E-state index in [9.17, 15) is 4.79 Å². The molecule has 0 saturated carbocycles. The maximum absolute atomic E-state index is 12.3. The largest absolute Gasteiger partial charge is 0.339 e. The Balaban J connectivity index is 1.55. The second-order valence-corrected chi connectivity index (χ2v) is 6.02. The van der Waals surface area contributed by atoms with Crippen molar-refractivity contribution in [1.29, 1.82) is 0 Å². The molecular weight excluding hydrogens is 308 g/mol. The Morgan fingerprint density at radius 3 is 3.00 bits per heavy atom. The van der Waals surface area contributed by atoms with Crippen molar-refractivity contribution in [1.82, 2.24) is 30.3 Å². The fraction of sp³-hybridized carbons (Fsp3) is 0.375. The maximum atomic E-state index is 12.3. The molecule has 1 aliphatic rings. The van der Waals surface area contributed by atoms with Gasteiger partial charge < -0.3 is 4.52 Å². The summed E-state index contributed by atoms with van der Waals surface area (Å²) in [5, 5.41) is 15.4. The molecule has 0 aliphatic heterocycles.